The zero-order chi connectivity index (χ0) is 19.2. The molecule has 0 fully saturated rings. The van der Waals surface area contributed by atoms with Crippen LogP contribution in [0.1, 0.15) is 65.2 Å². The molecular formula is C21H27NO4. The lowest BCUT2D eigenvalue weighted by molar-refractivity contribution is -0.363. The van der Waals surface area contributed by atoms with E-state index in [1.807, 2.05) is 6.07 Å². The van der Waals surface area contributed by atoms with Gasteiger partial charge in [0.2, 0.25) is 11.4 Å². The van der Waals surface area contributed by atoms with E-state index in [0.717, 1.165) is 28.0 Å². The number of aliphatic hydroxyl groups is 2. The minimum atomic E-state index is -1.17. The first-order valence-corrected chi connectivity index (χ1v) is 9.16. The molecule has 2 atom stereocenters. The van der Waals surface area contributed by atoms with E-state index in [2.05, 4.69) is 33.8 Å². The largest absolute Gasteiger partial charge is 0.618 e. The fourth-order valence-corrected chi connectivity index (χ4v) is 5.08. The second kappa shape index (κ2) is 4.90. The lowest BCUT2D eigenvalue weighted by atomic mass is 9.65. The second-order valence-corrected chi connectivity index (χ2v) is 9.72. The summed E-state index contributed by atoms with van der Waals surface area (Å²) in [5.41, 5.74) is 2.03. The third-order valence-electron chi connectivity index (χ3n) is 5.88. The summed E-state index contributed by atoms with van der Waals surface area (Å²) >= 11 is 0. The summed E-state index contributed by atoms with van der Waals surface area (Å²) in [6.07, 6.45) is 0.744. The number of fused-ring (bicyclic) bond motifs is 5. The summed E-state index contributed by atoms with van der Waals surface area (Å²) in [6.45, 7) is 12.0. The first kappa shape index (κ1) is 17.6. The van der Waals surface area contributed by atoms with Crippen LogP contribution in [0, 0.1) is 16.0 Å². The molecule has 0 saturated carbocycles. The topological polar surface area (TPSA) is 75.8 Å². The molecule has 0 aromatic heterocycles. The number of rotatable bonds is 0. The number of allylic oxidation sites excluding steroid dienone is 2. The van der Waals surface area contributed by atoms with Crippen LogP contribution in [0.25, 0.3) is 5.57 Å². The molecule has 1 aromatic rings. The van der Waals surface area contributed by atoms with Gasteiger partial charge in [-0.2, -0.15) is 4.74 Å². The number of hydrogen-bond donors (Lipinski definition) is 2. The Labute approximate surface area is 154 Å². The quantitative estimate of drug-likeness (QED) is 0.548. The summed E-state index contributed by atoms with van der Waals surface area (Å²) in [4.78, 5) is 0. The van der Waals surface area contributed by atoms with Gasteiger partial charge in [0.1, 0.15) is 23.6 Å². The van der Waals surface area contributed by atoms with E-state index >= 15 is 0 Å². The van der Waals surface area contributed by atoms with Gasteiger partial charge in [-0.25, -0.2) is 0 Å². The predicted molar refractivity (Wildman–Crippen MR) is 101 cm³/mol. The van der Waals surface area contributed by atoms with E-state index in [9.17, 15) is 15.4 Å². The van der Waals surface area contributed by atoms with Crippen molar-refractivity contribution in [3.05, 3.63) is 34.5 Å². The average Bonchev–Trinajstić information content (AvgIpc) is 2.75. The molecule has 26 heavy (non-hydrogen) atoms. The summed E-state index contributed by atoms with van der Waals surface area (Å²) < 4.78 is 6.87. The van der Waals surface area contributed by atoms with Crippen LogP contribution < -0.4 is 4.74 Å². The lowest BCUT2D eigenvalue weighted by Gasteiger charge is -2.39. The van der Waals surface area contributed by atoms with Crippen LogP contribution in [0.5, 0.6) is 5.75 Å². The highest BCUT2D eigenvalue weighted by Gasteiger charge is 2.52. The molecule has 2 aliphatic heterocycles. The lowest BCUT2D eigenvalue weighted by Crippen LogP contribution is -2.48. The Morgan fingerprint density at radius 2 is 1.77 bits per heavy atom. The van der Waals surface area contributed by atoms with Crippen molar-refractivity contribution in [2.75, 3.05) is 0 Å². The molecule has 1 aromatic carbocycles. The SMILES string of the molecule is CC1(C)C=C2C(=[N+]([O-])c3c2ccc2c3[C@H](O)[C@@H](O)C(C)(C)O2)C(C)(C)C1. The van der Waals surface area contributed by atoms with E-state index in [0.29, 0.717) is 17.0 Å². The van der Waals surface area contributed by atoms with Gasteiger partial charge in [-0.3, -0.25) is 0 Å². The van der Waals surface area contributed by atoms with Gasteiger partial charge in [0, 0.05) is 0 Å². The van der Waals surface area contributed by atoms with Gasteiger partial charge in [0.25, 0.3) is 0 Å². The Morgan fingerprint density at radius 3 is 2.42 bits per heavy atom. The van der Waals surface area contributed by atoms with Crippen LogP contribution in [-0.2, 0) is 0 Å². The first-order chi connectivity index (χ1) is 11.9. The highest BCUT2D eigenvalue weighted by Crippen LogP contribution is 2.54. The first-order valence-electron chi connectivity index (χ1n) is 9.16. The van der Waals surface area contributed by atoms with Crippen LogP contribution >= 0.6 is 0 Å². The standard InChI is InChI=1S/C21H27NO4/c1-19(2)9-12-11-7-8-13-14(16(23)18(24)21(5,6)26-13)15(11)22(25)17(12)20(3,4)10-19/h7-9,16,18,23-24H,10H2,1-6H3/t16-,18+/m0/s1. The molecule has 0 bridgehead atoms. The maximum atomic E-state index is 13.3. The molecule has 2 N–H and O–H groups in total. The molecule has 0 spiro atoms. The van der Waals surface area contributed by atoms with Gasteiger partial charge in [0.05, 0.1) is 22.1 Å². The highest BCUT2D eigenvalue weighted by molar-refractivity contribution is 6.28. The molecule has 5 nitrogen and oxygen atoms in total. The molecule has 0 radical (unpaired) electrons. The molecule has 140 valence electrons. The third kappa shape index (κ3) is 2.20. The van der Waals surface area contributed by atoms with E-state index in [-0.39, 0.29) is 10.8 Å². The monoisotopic (exact) mass is 357 g/mol. The van der Waals surface area contributed by atoms with Crippen LogP contribution in [0.3, 0.4) is 0 Å². The Hall–Kier alpha value is -1.85. The number of ether oxygens (including phenoxy) is 1. The van der Waals surface area contributed by atoms with E-state index in [4.69, 9.17) is 4.74 Å². The zero-order valence-electron chi connectivity index (χ0n) is 16.3. The molecule has 0 amide bonds. The summed E-state index contributed by atoms with van der Waals surface area (Å²) in [7, 11) is 0. The summed E-state index contributed by atoms with van der Waals surface area (Å²) in [6, 6.07) is 3.70. The van der Waals surface area contributed by atoms with Gasteiger partial charge in [0.15, 0.2) is 0 Å². The van der Waals surface area contributed by atoms with Crippen molar-refractivity contribution < 1.29 is 19.7 Å². The minimum Gasteiger partial charge on any atom is -0.618 e. The molecule has 3 aliphatic rings. The molecule has 1 aliphatic carbocycles. The van der Waals surface area contributed by atoms with Gasteiger partial charge in [-0.15, -0.1) is 0 Å². The van der Waals surface area contributed by atoms with Gasteiger partial charge >= 0.3 is 0 Å². The number of nitrogens with zero attached hydrogens (tertiary/aromatic N) is 1. The fraction of sp³-hybridized carbons (Fsp3) is 0.571. The predicted octanol–water partition coefficient (Wildman–Crippen LogP) is 3.69. The average molecular weight is 357 g/mol. The Balaban J connectivity index is 2.01. The Kier molecular flexibility index (Phi) is 3.31. The normalized spacial score (nSPS) is 30.1. The van der Waals surface area contributed by atoms with Crippen LogP contribution in [0.2, 0.25) is 0 Å². The van der Waals surface area contributed by atoms with Crippen LogP contribution in [0.15, 0.2) is 18.2 Å². The van der Waals surface area contributed by atoms with Gasteiger partial charge < -0.3 is 20.2 Å². The van der Waals surface area contributed by atoms with Crippen molar-refractivity contribution in [1.29, 1.82) is 0 Å². The Morgan fingerprint density at radius 1 is 1.12 bits per heavy atom. The van der Waals surface area contributed by atoms with Crippen LogP contribution in [-0.4, -0.2) is 32.4 Å². The van der Waals surface area contributed by atoms with Crippen molar-refractivity contribution in [2.24, 2.45) is 10.8 Å². The number of hydrogen-bond acceptors (Lipinski definition) is 4. The van der Waals surface area contributed by atoms with Gasteiger partial charge in [-0.05, 0) is 51.7 Å². The molecule has 2 heterocycles. The molecule has 4 rings (SSSR count). The van der Waals surface area contributed by atoms with Crippen molar-refractivity contribution in [1.82, 2.24) is 0 Å². The molecule has 0 unspecified atom stereocenters. The second-order valence-electron chi connectivity index (χ2n) is 9.72. The van der Waals surface area contributed by atoms with E-state index in [1.54, 1.807) is 19.9 Å². The van der Waals surface area contributed by atoms with Gasteiger partial charge in [-0.1, -0.05) is 19.9 Å². The minimum absolute atomic E-state index is 0.0304. The van der Waals surface area contributed by atoms with Crippen LogP contribution in [0.4, 0.5) is 5.69 Å². The van der Waals surface area contributed by atoms with Crippen molar-refractivity contribution >= 4 is 17.0 Å². The molecular weight excluding hydrogens is 330 g/mol. The zero-order valence-corrected chi connectivity index (χ0v) is 16.3. The van der Waals surface area contributed by atoms with Crippen molar-refractivity contribution in [3.8, 4) is 5.75 Å². The maximum Gasteiger partial charge on any atom is 0.234 e. The van der Waals surface area contributed by atoms with Crippen molar-refractivity contribution in [2.45, 2.75) is 65.8 Å². The number of aliphatic hydroxyl groups excluding tert-OH is 2. The third-order valence-corrected chi connectivity index (χ3v) is 5.88. The summed E-state index contributed by atoms with van der Waals surface area (Å²) in [5.74, 6) is 0.462. The fourth-order valence-electron chi connectivity index (χ4n) is 5.08. The molecule has 5 heteroatoms. The molecule has 0 saturated heterocycles. The maximum absolute atomic E-state index is 13.3. The van der Waals surface area contributed by atoms with E-state index in [1.165, 1.54) is 0 Å². The Bertz CT molecular complexity index is 876. The summed E-state index contributed by atoms with van der Waals surface area (Å²) in [5, 5.41) is 34.6. The van der Waals surface area contributed by atoms with E-state index < -0.39 is 17.8 Å². The smallest absolute Gasteiger partial charge is 0.234 e. The number of benzene rings is 1. The van der Waals surface area contributed by atoms with Crippen molar-refractivity contribution in [3.63, 3.8) is 0 Å². The highest BCUT2D eigenvalue weighted by atomic mass is 16.5.